The molecule has 0 saturated carbocycles. The summed E-state index contributed by atoms with van der Waals surface area (Å²) in [5.41, 5.74) is 16.7. The molecule has 0 atom stereocenters. The minimum Gasteiger partial charge on any atom is -0.228 e. The molecule has 0 fully saturated rings. The second kappa shape index (κ2) is 13.7. The van der Waals surface area contributed by atoms with Gasteiger partial charge in [0.1, 0.15) is 0 Å². The first-order chi connectivity index (χ1) is 28.7. The van der Waals surface area contributed by atoms with Crippen molar-refractivity contribution in [2.75, 3.05) is 0 Å². The standard InChI is InChI=1S/C54H33N3S/c55-34-41-17-7-8-18-42(41)40-28-30-44-43-29-27-39(31-47(43)54(48(44)32-40)45-19-9-11-21-51(45)58-52-22-12-10-20-46(52)54)35-23-25-38(26-24-35)53-56-49(36-13-3-1-4-14-36)33-50(57-53)37-15-5-2-6-16-37/h1-33H. The number of aromatic nitrogens is 2. The average Bonchev–Trinajstić information content (AvgIpc) is 3.58. The highest BCUT2D eigenvalue weighted by Crippen LogP contribution is 2.63. The Morgan fingerprint density at radius 3 is 1.47 bits per heavy atom. The molecular weight excluding hydrogens is 723 g/mol. The molecule has 1 spiro atoms. The Balaban J connectivity index is 1.07. The van der Waals surface area contributed by atoms with Crippen LogP contribution in [0, 0.1) is 11.3 Å². The van der Waals surface area contributed by atoms with E-state index in [1.807, 2.05) is 66.4 Å². The third-order valence-corrected chi connectivity index (χ3v) is 12.8. The summed E-state index contributed by atoms with van der Waals surface area (Å²) in [6.45, 7) is 0. The summed E-state index contributed by atoms with van der Waals surface area (Å²) in [5, 5.41) is 10.1. The average molecular weight is 756 g/mol. The highest BCUT2D eigenvalue weighted by Gasteiger charge is 2.50. The van der Waals surface area contributed by atoms with Crippen molar-refractivity contribution in [1.29, 1.82) is 5.26 Å². The predicted molar refractivity (Wildman–Crippen MR) is 235 cm³/mol. The molecule has 4 heteroatoms. The normalized spacial score (nSPS) is 12.9. The zero-order valence-corrected chi connectivity index (χ0v) is 32.1. The van der Waals surface area contributed by atoms with Gasteiger partial charge in [0.2, 0.25) is 0 Å². The number of hydrogen-bond donors (Lipinski definition) is 0. The molecule has 11 rings (SSSR count). The first kappa shape index (κ1) is 34.0. The Labute approximate surface area is 342 Å². The van der Waals surface area contributed by atoms with E-state index in [1.54, 1.807) is 0 Å². The quantitative estimate of drug-likeness (QED) is 0.175. The molecule has 2 aliphatic rings. The van der Waals surface area contributed by atoms with Crippen LogP contribution in [-0.2, 0) is 5.41 Å². The lowest BCUT2D eigenvalue weighted by atomic mass is 9.66. The van der Waals surface area contributed by atoms with E-state index >= 15 is 0 Å². The monoisotopic (exact) mass is 755 g/mol. The van der Waals surface area contributed by atoms with Crippen LogP contribution in [0.25, 0.3) is 67.3 Å². The SMILES string of the molecule is N#Cc1ccccc1-c1ccc2c(c1)C1(c3ccccc3Sc3ccccc31)c1cc(-c3ccc(-c4nc(-c5ccccc5)cc(-c5ccccc5)n4)cc3)ccc1-2. The molecule has 1 aromatic heterocycles. The van der Waals surface area contributed by atoms with Gasteiger partial charge in [-0.05, 0) is 92.0 Å². The first-order valence-corrected chi connectivity index (χ1v) is 20.3. The Morgan fingerprint density at radius 2 is 0.862 bits per heavy atom. The van der Waals surface area contributed by atoms with E-state index in [0.717, 1.165) is 50.3 Å². The summed E-state index contributed by atoms with van der Waals surface area (Å²) >= 11 is 1.84. The largest absolute Gasteiger partial charge is 0.228 e. The van der Waals surface area contributed by atoms with Crippen molar-refractivity contribution >= 4 is 11.8 Å². The zero-order chi connectivity index (χ0) is 38.6. The lowest BCUT2D eigenvalue weighted by Gasteiger charge is -2.40. The van der Waals surface area contributed by atoms with Gasteiger partial charge in [-0.15, -0.1) is 0 Å². The van der Waals surface area contributed by atoms with Gasteiger partial charge in [0, 0.05) is 26.5 Å². The van der Waals surface area contributed by atoms with Gasteiger partial charge in [-0.25, -0.2) is 9.97 Å². The smallest absolute Gasteiger partial charge is 0.160 e. The van der Waals surface area contributed by atoms with Crippen LogP contribution in [-0.4, -0.2) is 9.97 Å². The summed E-state index contributed by atoms with van der Waals surface area (Å²) < 4.78 is 0. The topological polar surface area (TPSA) is 49.6 Å². The molecule has 0 amide bonds. The van der Waals surface area contributed by atoms with Crippen molar-refractivity contribution in [3.05, 3.63) is 228 Å². The second-order valence-electron chi connectivity index (χ2n) is 14.8. The number of benzene rings is 8. The van der Waals surface area contributed by atoms with E-state index in [2.05, 4.69) is 152 Å². The summed E-state index contributed by atoms with van der Waals surface area (Å²) in [6.07, 6.45) is 0. The summed E-state index contributed by atoms with van der Waals surface area (Å²) in [5.74, 6) is 0.691. The fraction of sp³-hybridized carbons (Fsp3) is 0.0185. The molecule has 3 nitrogen and oxygen atoms in total. The first-order valence-electron chi connectivity index (χ1n) is 19.5. The van der Waals surface area contributed by atoms with Crippen LogP contribution < -0.4 is 0 Å². The lowest BCUT2D eigenvalue weighted by Crippen LogP contribution is -2.32. The van der Waals surface area contributed by atoms with E-state index < -0.39 is 5.41 Å². The maximum Gasteiger partial charge on any atom is 0.160 e. The van der Waals surface area contributed by atoms with Gasteiger partial charge in [0.05, 0.1) is 28.4 Å². The molecule has 9 aromatic rings. The van der Waals surface area contributed by atoms with Crippen LogP contribution in [0.4, 0.5) is 0 Å². The Morgan fingerprint density at radius 1 is 0.379 bits per heavy atom. The molecule has 0 saturated heterocycles. The van der Waals surface area contributed by atoms with E-state index in [4.69, 9.17) is 9.97 Å². The Hall–Kier alpha value is -7.32. The minimum atomic E-state index is -0.559. The van der Waals surface area contributed by atoms with Crippen LogP contribution in [0.15, 0.2) is 210 Å². The number of nitriles is 1. The molecule has 0 N–H and O–H groups in total. The highest BCUT2D eigenvalue weighted by atomic mass is 32.2. The lowest BCUT2D eigenvalue weighted by molar-refractivity contribution is 0.723. The number of hydrogen-bond acceptors (Lipinski definition) is 4. The van der Waals surface area contributed by atoms with Crippen molar-refractivity contribution in [1.82, 2.24) is 9.97 Å². The van der Waals surface area contributed by atoms with Gasteiger partial charge in [-0.3, -0.25) is 0 Å². The zero-order valence-electron chi connectivity index (χ0n) is 31.3. The van der Waals surface area contributed by atoms with Gasteiger partial charge in [-0.2, -0.15) is 5.26 Å². The van der Waals surface area contributed by atoms with Crippen molar-refractivity contribution in [2.24, 2.45) is 0 Å². The van der Waals surface area contributed by atoms with Gasteiger partial charge in [0.15, 0.2) is 5.82 Å². The summed E-state index contributed by atoms with van der Waals surface area (Å²) in [6, 6.07) is 73.2. The molecule has 0 unspecified atom stereocenters. The van der Waals surface area contributed by atoms with Crippen LogP contribution in [0.3, 0.4) is 0 Å². The van der Waals surface area contributed by atoms with Crippen molar-refractivity contribution < 1.29 is 0 Å². The number of fused-ring (bicyclic) bond motifs is 9. The molecule has 8 aromatic carbocycles. The molecule has 58 heavy (non-hydrogen) atoms. The van der Waals surface area contributed by atoms with Crippen LogP contribution in [0.2, 0.25) is 0 Å². The van der Waals surface area contributed by atoms with Gasteiger partial charge < -0.3 is 0 Å². The van der Waals surface area contributed by atoms with Crippen molar-refractivity contribution in [3.63, 3.8) is 0 Å². The fourth-order valence-electron chi connectivity index (χ4n) is 8.98. The number of rotatable bonds is 5. The molecule has 2 heterocycles. The molecule has 0 radical (unpaired) electrons. The predicted octanol–water partition coefficient (Wildman–Crippen LogP) is 13.5. The second-order valence-corrected chi connectivity index (χ2v) is 15.9. The summed E-state index contributed by atoms with van der Waals surface area (Å²) in [7, 11) is 0. The minimum absolute atomic E-state index is 0.559. The molecule has 1 aliphatic carbocycles. The van der Waals surface area contributed by atoms with Crippen molar-refractivity contribution in [2.45, 2.75) is 15.2 Å². The molecule has 270 valence electrons. The molecule has 1 aliphatic heterocycles. The maximum atomic E-state index is 10.1. The Bertz CT molecular complexity index is 2990. The van der Waals surface area contributed by atoms with Gasteiger partial charge in [0.25, 0.3) is 0 Å². The highest BCUT2D eigenvalue weighted by molar-refractivity contribution is 7.99. The van der Waals surface area contributed by atoms with Crippen LogP contribution in [0.1, 0.15) is 27.8 Å². The van der Waals surface area contributed by atoms with Crippen LogP contribution >= 0.6 is 11.8 Å². The third kappa shape index (κ3) is 5.36. The Kier molecular flexibility index (Phi) is 8.03. The van der Waals surface area contributed by atoms with E-state index in [-0.39, 0.29) is 0 Å². The molecular formula is C54H33N3S. The van der Waals surface area contributed by atoms with Gasteiger partial charge in [-0.1, -0.05) is 176 Å². The van der Waals surface area contributed by atoms with E-state index in [9.17, 15) is 5.26 Å². The molecule has 0 bridgehead atoms. The number of nitrogens with zero attached hydrogens (tertiary/aromatic N) is 3. The van der Waals surface area contributed by atoms with E-state index in [1.165, 1.54) is 43.2 Å². The van der Waals surface area contributed by atoms with Crippen LogP contribution in [0.5, 0.6) is 0 Å². The van der Waals surface area contributed by atoms with Gasteiger partial charge >= 0.3 is 0 Å². The fourth-order valence-corrected chi connectivity index (χ4v) is 10.2. The van der Waals surface area contributed by atoms with E-state index in [0.29, 0.717) is 11.4 Å². The third-order valence-electron chi connectivity index (χ3n) is 11.6. The summed E-state index contributed by atoms with van der Waals surface area (Å²) in [4.78, 5) is 12.7. The maximum absolute atomic E-state index is 10.1. The van der Waals surface area contributed by atoms with Crippen molar-refractivity contribution in [3.8, 4) is 73.4 Å².